The van der Waals surface area contributed by atoms with Crippen molar-refractivity contribution in [3.05, 3.63) is 28.8 Å². The van der Waals surface area contributed by atoms with E-state index in [1.807, 2.05) is 0 Å². The molecule has 1 aliphatic rings. The Morgan fingerprint density at radius 2 is 2.05 bits per heavy atom. The second-order valence-corrected chi connectivity index (χ2v) is 6.04. The number of methoxy groups -OCH3 is 1. The van der Waals surface area contributed by atoms with Crippen LogP contribution in [-0.2, 0) is 0 Å². The van der Waals surface area contributed by atoms with E-state index in [0.29, 0.717) is 22.9 Å². The number of carbonyl (C=O) groups is 1. The van der Waals surface area contributed by atoms with Crippen LogP contribution in [0.3, 0.4) is 0 Å². The van der Waals surface area contributed by atoms with Crippen LogP contribution < -0.4 is 10.1 Å². The van der Waals surface area contributed by atoms with E-state index in [1.165, 1.54) is 0 Å². The molecule has 1 amide bonds. The normalized spacial score (nSPS) is 16.5. The van der Waals surface area contributed by atoms with Gasteiger partial charge in [0.2, 0.25) is 0 Å². The quantitative estimate of drug-likeness (QED) is 0.809. The maximum atomic E-state index is 12.2. The van der Waals surface area contributed by atoms with Gasteiger partial charge in [-0.3, -0.25) is 4.79 Å². The van der Waals surface area contributed by atoms with Gasteiger partial charge in [-0.2, -0.15) is 0 Å². The van der Waals surface area contributed by atoms with E-state index >= 15 is 0 Å². The molecule has 1 saturated heterocycles. The van der Waals surface area contributed by atoms with Gasteiger partial charge in [0.25, 0.3) is 5.91 Å². The molecule has 6 heteroatoms. The summed E-state index contributed by atoms with van der Waals surface area (Å²) in [4.78, 5) is 17.0. The van der Waals surface area contributed by atoms with E-state index in [-0.39, 0.29) is 5.91 Å². The maximum absolute atomic E-state index is 12.2. The van der Waals surface area contributed by atoms with Crippen LogP contribution in [0, 0.1) is 0 Å². The van der Waals surface area contributed by atoms with Gasteiger partial charge >= 0.3 is 0 Å². The van der Waals surface area contributed by atoms with Crippen LogP contribution >= 0.6 is 11.6 Å². The zero-order valence-corrected chi connectivity index (χ0v) is 14.0. The first-order valence-electron chi connectivity index (χ1n) is 7.63. The van der Waals surface area contributed by atoms with Gasteiger partial charge in [-0.1, -0.05) is 11.6 Å². The third-order valence-corrected chi connectivity index (χ3v) is 4.17. The molecule has 1 heterocycles. The lowest BCUT2D eigenvalue weighted by Crippen LogP contribution is -2.45. The third kappa shape index (κ3) is 4.87. The summed E-state index contributed by atoms with van der Waals surface area (Å²) in [5.74, 6) is 0.402. The number of rotatable bonds is 6. The van der Waals surface area contributed by atoms with Crippen LogP contribution in [0.4, 0.5) is 0 Å². The molecule has 0 bridgehead atoms. The highest BCUT2D eigenvalue weighted by Gasteiger charge is 2.14. The summed E-state index contributed by atoms with van der Waals surface area (Å²) >= 11 is 5.95. The van der Waals surface area contributed by atoms with E-state index in [4.69, 9.17) is 16.3 Å². The number of benzene rings is 1. The van der Waals surface area contributed by atoms with Crippen molar-refractivity contribution >= 4 is 17.5 Å². The molecule has 0 saturated carbocycles. The molecule has 0 aromatic heterocycles. The van der Waals surface area contributed by atoms with Gasteiger partial charge in [0.15, 0.2) is 0 Å². The number of nitrogens with one attached hydrogen (secondary N) is 1. The molecular formula is C16H24ClN3O2. The van der Waals surface area contributed by atoms with Crippen LogP contribution in [0.1, 0.15) is 16.8 Å². The molecule has 1 fully saturated rings. The predicted molar refractivity (Wildman–Crippen MR) is 88.9 cm³/mol. The lowest BCUT2D eigenvalue weighted by atomic mass is 10.2. The number of hydrogen-bond acceptors (Lipinski definition) is 4. The average Bonchev–Trinajstić information content (AvgIpc) is 2.53. The number of amides is 1. The SMILES string of the molecule is COc1ccc(Cl)cc1C(=O)NCCCN1CCN(C)CC1. The summed E-state index contributed by atoms with van der Waals surface area (Å²) < 4.78 is 5.20. The van der Waals surface area contributed by atoms with Gasteiger partial charge in [-0.05, 0) is 38.2 Å². The summed E-state index contributed by atoms with van der Waals surface area (Å²) in [7, 11) is 3.70. The van der Waals surface area contributed by atoms with Crippen molar-refractivity contribution in [3.63, 3.8) is 0 Å². The summed E-state index contributed by atoms with van der Waals surface area (Å²) in [6.07, 6.45) is 0.943. The van der Waals surface area contributed by atoms with E-state index in [1.54, 1.807) is 25.3 Å². The van der Waals surface area contributed by atoms with Crippen molar-refractivity contribution in [1.29, 1.82) is 0 Å². The van der Waals surface area contributed by atoms with E-state index in [2.05, 4.69) is 22.2 Å². The molecule has 122 valence electrons. The minimum atomic E-state index is -0.141. The zero-order chi connectivity index (χ0) is 15.9. The lowest BCUT2D eigenvalue weighted by molar-refractivity contribution is 0.0946. The Morgan fingerprint density at radius 1 is 1.32 bits per heavy atom. The first-order chi connectivity index (χ1) is 10.6. The second-order valence-electron chi connectivity index (χ2n) is 5.60. The third-order valence-electron chi connectivity index (χ3n) is 3.94. The van der Waals surface area contributed by atoms with Gasteiger partial charge in [0.05, 0.1) is 12.7 Å². The molecule has 0 aliphatic carbocycles. The fraction of sp³-hybridized carbons (Fsp3) is 0.562. The number of likely N-dealkylation sites (N-methyl/N-ethyl adjacent to an activating group) is 1. The Bertz CT molecular complexity index is 502. The topological polar surface area (TPSA) is 44.8 Å². The van der Waals surface area contributed by atoms with Crippen LogP contribution in [0.15, 0.2) is 18.2 Å². The van der Waals surface area contributed by atoms with Gasteiger partial charge in [0.1, 0.15) is 5.75 Å². The minimum Gasteiger partial charge on any atom is -0.496 e. The molecule has 2 rings (SSSR count). The van der Waals surface area contributed by atoms with Gasteiger partial charge in [-0.25, -0.2) is 0 Å². The van der Waals surface area contributed by atoms with E-state index in [9.17, 15) is 4.79 Å². The Balaban J connectivity index is 1.75. The molecule has 1 aromatic rings. The van der Waals surface area contributed by atoms with Crippen molar-refractivity contribution in [2.75, 3.05) is 53.4 Å². The van der Waals surface area contributed by atoms with Gasteiger partial charge in [0, 0.05) is 37.7 Å². The largest absolute Gasteiger partial charge is 0.496 e. The average molecular weight is 326 g/mol. The molecule has 0 radical (unpaired) electrons. The number of carbonyl (C=O) groups excluding carboxylic acids is 1. The number of nitrogens with zero attached hydrogens (tertiary/aromatic N) is 2. The van der Waals surface area contributed by atoms with Crippen LogP contribution in [0.25, 0.3) is 0 Å². The number of halogens is 1. The molecular weight excluding hydrogens is 302 g/mol. The highest BCUT2D eigenvalue weighted by atomic mass is 35.5. The smallest absolute Gasteiger partial charge is 0.255 e. The molecule has 1 aliphatic heterocycles. The monoisotopic (exact) mass is 325 g/mol. The van der Waals surface area contributed by atoms with Crippen molar-refractivity contribution in [2.24, 2.45) is 0 Å². The summed E-state index contributed by atoms with van der Waals surface area (Å²) in [6, 6.07) is 5.06. The summed E-state index contributed by atoms with van der Waals surface area (Å²) in [5.41, 5.74) is 0.481. The Kier molecular flexibility index (Phi) is 6.49. The molecule has 0 spiro atoms. The molecule has 0 atom stereocenters. The molecule has 5 nitrogen and oxygen atoms in total. The molecule has 1 aromatic carbocycles. The summed E-state index contributed by atoms with van der Waals surface area (Å²) in [5, 5.41) is 3.47. The van der Waals surface area contributed by atoms with Crippen LogP contribution in [0.2, 0.25) is 5.02 Å². The van der Waals surface area contributed by atoms with Crippen molar-refractivity contribution in [3.8, 4) is 5.75 Å². The Labute approximate surface area is 137 Å². The lowest BCUT2D eigenvalue weighted by Gasteiger charge is -2.32. The van der Waals surface area contributed by atoms with E-state index < -0.39 is 0 Å². The fourth-order valence-corrected chi connectivity index (χ4v) is 2.70. The van der Waals surface area contributed by atoms with Crippen molar-refractivity contribution < 1.29 is 9.53 Å². The molecule has 22 heavy (non-hydrogen) atoms. The fourth-order valence-electron chi connectivity index (χ4n) is 2.53. The Morgan fingerprint density at radius 3 is 2.73 bits per heavy atom. The van der Waals surface area contributed by atoms with Crippen LogP contribution in [0.5, 0.6) is 5.75 Å². The molecule has 0 unspecified atom stereocenters. The number of piperazine rings is 1. The van der Waals surface area contributed by atoms with Crippen molar-refractivity contribution in [2.45, 2.75) is 6.42 Å². The Hall–Kier alpha value is -1.30. The first kappa shape index (κ1) is 17.1. The highest BCUT2D eigenvalue weighted by Crippen LogP contribution is 2.22. The number of hydrogen-bond donors (Lipinski definition) is 1. The number of ether oxygens (including phenoxy) is 1. The molecule has 1 N–H and O–H groups in total. The van der Waals surface area contributed by atoms with Gasteiger partial charge in [-0.15, -0.1) is 0 Å². The zero-order valence-electron chi connectivity index (χ0n) is 13.3. The maximum Gasteiger partial charge on any atom is 0.255 e. The first-order valence-corrected chi connectivity index (χ1v) is 8.00. The van der Waals surface area contributed by atoms with E-state index in [0.717, 1.165) is 39.1 Å². The van der Waals surface area contributed by atoms with Gasteiger partial charge < -0.3 is 19.9 Å². The van der Waals surface area contributed by atoms with Crippen LogP contribution in [-0.4, -0.2) is 69.1 Å². The standard InChI is InChI=1S/C16H24ClN3O2/c1-19-8-10-20(11-9-19)7-3-6-18-16(21)14-12-13(17)4-5-15(14)22-2/h4-5,12H,3,6-11H2,1-2H3,(H,18,21). The predicted octanol–water partition coefficient (Wildman–Crippen LogP) is 1.72. The van der Waals surface area contributed by atoms with Crippen molar-refractivity contribution in [1.82, 2.24) is 15.1 Å². The minimum absolute atomic E-state index is 0.141. The summed E-state index contributed by atoms with van der Waals surface area (Å²) in [6.45, 7) is 6.11. The second kappa shape index (κ2) is 8.36. The highest BCUT2D eigenvalue weighted by molar-refractivity contribution is 6.31.